The van der Waals surface area contributed by atoms with Crippen LogP contribution in [0, 0.1) is 10.8 Å². The molecule has 0 spiro atoms. The normalized spacial score (nSPS) is 11.0. The van der Waals surface area contributed by atoms with Crippen molar-refractivity contribution in [1.82, 2.24) is 0 Å². The molecule has 0 unspecified atom stereocenters. The van der Waals surface area contributed by atoms with Gasteiger partial charge in [-0.2, -0.15) is 0 Å². The van der Waals surface area contributed by atoms with Gasteiger partial charge in [0.05, 0.1) is 0 Å². The molecule has 0 rings (SSSR count). The van der Waals surface area contributed by atoms with Gasteiger partial charge >= 0.3 is 0 Å². The van der Waals surface area contributed by atoms with Gasteiger partial charge in [0.1, 0.15) is 0 Å². The van der Waals surface area contributed by atoms with Gasteiger partial charge in [-0.05, 0) is 17.9 Å². The Morgan fingerprint density at radius 2 is 2.00 bits per heavy atom. The molecule has 9 heavy (non-hydrogen) atoms. The molecule has 0 atom stereocenters. The van der Waals surface area contributed by atoms with E-state index in [0.29, 0.717) is 5.71 Å². The Balaban J connectivity index is 3.74. The third-order valence-electron chi connectivity index (χ3n) is 0.967. The van der Waals surface area contributed by atoms with Gasteiger partial charge in [0.25, 0.3) is 0 Å². The van der Waals surface area contributed by atoms with E-state index in [2.05, 4.69) is 27.4 Å². The van der Waals surface area contributed by atoms with E-state index >= 15 is 0 Å². The molecule has 0 amide bonds. The van der Waals surface area contributed by atoms with Crippen LogP contribution in [-0.2, 0) is 0 Å². The lowest BCUT2D eigenvalue weighted by Gasteiger charge is -2.16. The maximum absolute atomic E-state index is 7.27. The largest absolute Gasteiger partial charge is 0.305 e. The van der Waals surface area contributed by atoms with Crippen LogP contribution in [0.3, 0.4) is 0 Å². The van der Waals surface area contributed by atoms with E-state index in [1.54, 1.807) is 6.08 Å². The van der Waals surface area contributed by atoms with Crippen LogP contribution in [0.2, 0.25) is 0 Å². The number of rotatable bonds is 2. The summed E-state index contributed by atoms with van der Waals surface area (Å²) in [6.07, 6.45) is 2.42. The minimum absolute atomic E-state index is 0.227. The van der Waals surface area contributed by atoms with Crippen molar-refractivity contribution in [2.45, 2.75) is 27.2 Å². The van der Waals surface area contributed by atoms with Crippen molar-refractivity contribution in [3.05, 3.63) is 12.7 Å². The molecule has 0 bridgehead atoms. The summed E-state index contributed by atoms with van der Waals surface area (Å²) in [5, 5.41) is 7.27. The van der Waals surface area contributed by atoms with Crippen molar-refractivity contribution in [3.8, 4) is 0 Å². The smallest absolute Gasteiger partial charge is 0.0313 e. The van der Waals surface area contributed by atoms with E-state index < -0.39 is 0 Å². The van der Waals surface area contributed by atoms with E-state index in [0.717, 1.165) is 6.42 Å². The highest BCUT2D eigenvalue weighted by molar-refractivity contribution is 5.92. The van der Waals surface area contributed by atoms with Crippen LogP contribution in [-0.4, -0.2) is 5.71 Å². The minimum Gasteiger partial charge on any atom is -0.305 e. The molecule has 0 radical (unpaired) electrons. The van der Waals surface area contributed by atoms with Gasteiger partial charge in [0.2, 0.25) is 0 Å². The van der Waals surface area contributed by atoms with E-state index in [9.17, 15) is 0 Å². The van der Waals surface area contributed by atoms with Crippen molar-refractivity contribution in [2.75, 3.05) is 0 Å². The maximum Gasteiger partial charge on any atom is 0.0313 e. The van der Waals surface area contributed by atoms with Crippen LogP contribution in [0.25, 0.3) is 0 Å². The zero-order valence-electron chi connectivity index (χ0n) is 6.49. The average molecular weight is 125 g/mol. The number of allylic oxidation sites excluding steroid dienone is 1. The molecule has 1 nitrogen and oxygen atoms in total. The molecule has 0 aliphatic carbocycles. The molecule has 0 aromatic heterocycles. The summed E-state index contributed by atoms with van der Waals surface area (Å²) >= 11 is 0. The van der Waals surface area contributed by atoms with Gasteiger partial charge in [-0.25, -0.2) is 0 Å². The van der Waals surface area contributed by atoms with Crippen LogP contribution in [0.5, 0.6) is 0 Å². The third kappa shape index (κ3) is 5.28. The van der Waals surface area contributed by atoms with Gasteiger partial charge < -0.3 is 5.41 Å². The number of nitrogens with one attached hydrogen (secondary N) is 1. The van der Waals surface area contributed by atoms with Crippen LogP contribution in [0.4, 0.5) is 0 Å². The summed E-state index contributed by atoms with van der Waals surface area (Å²) in [6, 6.07) is 0. The highest BCUT2D eigenvalue weighted by atomic mass is 14.4. The summed E-state index contributed by atoms with van der Waals surface area (Å²) in [5.74, 6) is 0. The predicted molar refractivity (Wildman–Crippen MR) is 42.0 cm³/mol. The lowest BCUT2D eigenvalue weighted by Crippen LogP contribution is -2.09. The van der Waals surface area contributed by atoms with E-state index in [1.165, 1.54) is 0 Å². The first kappa shape index (κ1) is 8.41. The molecular formula is C8H15N. The van der Waals surface area contributed by atoms with E-state index in [1.807, 2.05) is 0 Å². The summed E-state index contributed by atoms with van der Waals surface area (Å²) in [5.41, 5.74) is 0.855. The first-order valence-corrected chi connectivity index (χ1v) is 3.15. The maximum atomic E-state index is 7.27. The monoisotopic (exact) mass is 125 g/mol. The number of hydrogen-bond donors (Lipinski definition) is 1. The first-order valence-electron chi connectivity index (χ1n) is 3.15. The molecule has 1 N–H and O–H groups in total. The Morgan fingerprint density at radius 3 is 2.11 bits per heavy atom. The van der Waals surface area contributed by atoms with Crippen molar-refractivity contribution in [1.29, 1.82) is 5.41 Å². The lowest BCUT2D eigenvalue weighted by atomic mass is 9.90. The Kier molecular flexibility index (Phi) is 2.63. The van der Waals surface area contributed by atoms with E-state index in [4.69, 9.17) is 5.41 Å². The molecule has 0 aromatic carbocycles. The molecule has 0 aromatic rings. The highest BCUT2D eigenvalue weighted by Crippen LogP contribution is 2.18. The van der Waals surface area contributed by atoms with Gasteiger partial charge in [0.15, 0.2) is 0 Å². The van der Waals surface area contributed by atoms with Gasteiger partial charge in [-0.1, -0.05) is 27.4 Å². The molecule has 1 heteroatoms. The summed E-state index contributed by atoms with van der Waals surface area (Å²) in [6.45, 7) is 9.87. The van der Waals surface area contributed by atoms with Crippen molar-refractivity contribution < 1.29 is 0 Å². The first-order chi connectivity index (χ1) is 3.95. The molecule has 0 aliphatic rings. The van der Waals surface area contributed by atoms with Crippen molar-refractivity contribution >= 4 is 5.71 Å². The molecule has 0 heterocycles. The second kappa shape index (κ2) is 2.81. The predicted octanol–water partition coefficient (Wildman–Crippen LogP) is 2.63. The Labute approximate surface area is 57.3 Å². The van der Waals surface area contributed by atoms with Crippen LogP contribution in [0.1, 0.15) is 27.2 Å². The Morgan fingerprint density at radius 1 is 1.56 bits per heavy atom. The van der Waals surface area contributed by atoms with Crippen molar-refractivity contribution in [2.24, 2.45) is 5.41 Å². The van der Waals surface area contributed by atoms with Gasteiger partial charge in [-0.15, -0.1) is 0 Å². The van der Waals surface area contributed by atoms with Crippen LogP contribution < -0.4 is 0 Å². The number of hydrogen-bond acceptors (Lipinski definition) is 1. The lowest BCUT2D eigenvalue weighted by molar-refractivity contribution is 0.434. The molecule has 0 aliphatic heterocycles. The van der Waals surface area contributed by atoms with Gasteiger partial charge in [0, 0.05) is 5.71 Å². The minimum atomic E-state index is 0.227. The third-order valence-corrected chi connectivity index (χ3v) is 0.967. The molecule has 0 saturated carbocycles. The molecular weight excluding hydrogens is 110 g/mol. The summed E-state index contributed by atoms with van der Waals surface area (Å²) in [7, 11) is 0. The molecule has 0 saturated heterocycles. The fourth-order valence-electron chi connectivity index (χ4n) is 0.644. The molecule has 52 valence electrons. The fraction of sp³-hybridized carbons (Fsp3) is 0.625. The zero-order valence-corrected chi connectivity index (χ0v) is 6.49. The topological polar surface area (TPSA) is 23.9 Å². The summed E-state index contributed by atoms with van der Waals surface area (Å²) in [4.78, 5) is 0. The quantitative estimate of drug-likeness (QED) is 0.548. The second-order valence-corrected chi connectivity index (χ2v) is 3.47. The average Bonchev–Trinajstić information content (AvgIpc) is 1.62. The standard InChI is InChI=1S/C8H15N/c1-5-7(9)6-8(2,3)4/h5,9H,1,6H2,2-4H3. The fourth-order valence-corrected chi connectivity index (χ4v) is 0.644. The zero-order chi connectivity index (χ0) is 7.49. The molecule has 0 fully saturated rings. The highest BCUT2D eigenvalue weighted by Gasteiger charge is 2.10. The Hall–Kier alpha value is -0.590. The summed E-state index contributed by atoms with van der Waals surface area (Å²) < 4.78 is 0. The Bertz CT molecular complexity index is 117. The second-order valence-electron chi connectivity index (χ2n) is 3.47. The van der Waals surface area contributed by atoms with E-state index in [-0.39, 0.29) is 5.41 Å². The van der Waals surface area contributed by atoms with Crippen LogP contribution in [0.15, 0.2) is 12.7 Å². The SMILES string of the molecule is C=CC(=N)CC(C)(C)C. The van der Waals surface area contributed by atoms with Crippen molar-refractivity contribution in [3.63, 3.8) is 0 Å². The van der Waals surface area contributed by atoms with Crippen LogP contribution >= 0.6 is 0 Å². The van der Waals surface area contributed by atoms with Gasteiger partial charge in [-0.3, -0.25) is 0 Å².